The topological polar surface area (TPSA) is 77.0 Å². The molecule has 0 aliphatic carbocycles. The van der Waals surface area contributed by atoms with Crippen LogP contribution in [0.1, 0.15) is 19.4 Å². The molecule has 0 radical (unpaired) electrons. The predicted octanol–water partition coefficient (Wildman–Crippen LogP) is 3.08. The Kier molecular flexibility index (Phi) is 7.54. The van der Waals surface area contributed by atoms with Crippen molar-refractivity contribution < 1.29 is 14.2 Å². The van der Waals surface area contributed by atoms with E-state index in [1.54, 1.807) is 20.4 Å². The number of hydrogen-bond donors (Lipinski definition) is 2. The number of hydrogen-bond acceptors (Lipinski definition) is 5. The zero-order valence-electron chi connectivity index (χ0n) is 15.7. The van der Waals surface area contributed by atoms with Crippen LogP contribution in [-0.4, -0.2) is 38.3 Å². The van der Waals surface area contributed by atoms with Gasteiger partial charge in [-0.2, -0.15) is 0 Å². The van der Waals surface area contributed by atoms with Crippen LogP contribution in [0.2, 0.25) is 0 Å². The van der Waals surface area contributed by atoms with E-state index < -0.39 is 0 Å². The van der Waals surface area contributed by atoms with Crippen molar-refractivity contribution in [3.05, 3.63) is 42.1 Å². The minimum Gasteiger partial charge on any atom is -0.493 e. The number of nitrogens with one attached hydrogen (secondary N) is 2. The van der Waals surface area contributed by atoms with Gasteiger partial charge in [-0.3, -0.25) is 4.99 Å². The van der Waals surface area contributed by atoms with Gasteiger partial charge < -0.3 is 24.8 Å². The van der Waals surface area contributed by atoms with E-state index in [2.05, 4.69) is 20.6 Å². The molecule has 7 heteroatoms. The monoisotopic (exact) mass is 358 g/mol. The first-order chi connectivity index (χ1) is 12.7. The average Bonchev–Trinajstić information content (AvgIpc) is 2.67. The molecule has 0 bridgehead atoms. The number of nitrogens with zero attached hydrogens (tertiary/aromatic N) is 2. The number of benzene rings is 1. The van der Waals surface area contributed by atoms with Crippen LogP contribution in [0.3, 0.4) is 0 Å². The van der Waals surface area contributed by atoms with Gasteiger partial charge in [0.1, 0.15) is 0 Å². The highest BCUT2D eigenvalue weighted by molar-refractivity contribution is 5.93. The van der Waals surface area contributed by atoms with E-state index in [-0.39, 0.29) is 0 Å². The van der Waals surface area contributed by atoms with E-state index >= 15 is 0 Å². The van der Waals surface area contributed by atoms with Crippen molar-refractivity contribution >= 4 is 11.6 Å². The number of aliphatic imine (C=N–C) groups is 1. The van der Waals surface area contributed by atoms with Gasteiger partial charge in [-0.1, -0.05) is 6.07 Å². The lowest BCUT2D eigenvalue weighted by molar-refractivity contribution is 0.311. The second-order valence-electron chi connectivity index (χ2n) is 5.25. The first-order valence-corrected chi connectivity index (χ1v) is 8.57. The maximum Gasteiger partial charge on any atom is 0.218 e. The second-order valence-corrected chi connectivity index (χ2v) is 5.25. The third-order valence-corrected chi connectivity index (χ3v) is 3.53. The van der Waals surface area contributed by atoms with E-state index in [1.807, 2.05) is 44.2 Å². The maximum absolute atomic E-state index is 5.55. The summed E-state index contributed by atoms with van der Waals surface area (Å²) in [6.07, 6.45) is 1.72. The molecule has 2 aromatic rings. The molecule has 1 aromatic heterocycles. The lowest BCUT2D eigenvalue weighted by Gasteiger charge is -2.15. The zero-order valence-corrected chi connectivity index (χ0v) is 15.7. The van der Waals surface area contributed by atoms with E-state index in [0.29, 0.717) is 43.1 Å². The van der Waals surface area contributed by atoms with Gasteiger partial charge in [0, 0.05) is 37.1 Å². The highest BCUT2D eigenvalue weighted by Crippen LogP contribution is 2.30. The Morgan fingerprint density at radius 2 is 1.92 bits per heavy atom. The molecule has 1 heterocycles. The van der Waals surface area contributed by atoms with Crippen LogP contribution in [0.25, 0.3) is 0 Å². The van der Waals surface area contributed by atoms with Crippen molar-refractivity contribution in [3.8, 4) is 17.4 Å². The average molecular weight is 358 g/mol. The smallest absolute Gasteiger partial charge is 0.218 e. The van der Waals surface area contributed by atoms with Gasteiger partial charge in [0.05, 0.1) is 20.3 Å². The van der Waals surface area contributed by atoms with Gasteiger partial charge in [-0.25, -0.2) is 4.98 Å². The van der Waals surface area contributed by atoms with Gasteiger partial charge in [0.2, 0.25) is 5.88 Å². The van der Waals surface area contributed by atoms with Gasteiger partial charge in [-0.15, -0.1) is 0 Å². The molecule has 0 saturated carbocycles. The third kappa shape index (κ3) is 5.27. The van der Waals surface area contributed by atoms with Crippen molar-refractivity contribution in [3.63, 3.8) is 0 Å². The highest BCUT2D eigenvalue weighted by Gasteiger charge is 2.08. The highest BCUT2D eigenvalue weighted by atomic mass is 16.5. The van der Waals surface area contributed by atoms with E-state index in [4.69, 9.17) is 14.2 Å². The van der Waals surface area contributed by atoms with Crippen molar-refractivity contribution in [2.45, 2.75) is 20.4 Å². The van der Waals surface area contributed by atoms with Crippen LogP contribution in [0.5, 0.6) is 17.4 Å². The molecule has 26 heavy (non-hydrogen) atoms. The van der Waals surface area contributed by atoms with Crippen LogP contribution in [0.15, 0.2) is 41.5 Å². The van der Waals surface area contributed by atoms with Gasteiger partial charge in [0.25, 0.3) is 0 Å². The fourth-order valence-corrected chi connectivity index (χ4v) is 2.34. The summed E-state index contributed by atoms with van der Waals surface area (Å²) >= 11 is 0. The van der Waals surface area contributed by atoms with Gasteiger partial charge in [-0.05, 0) is 32.0 Å². The summed E-state index contributed by atoms with van der Waals surface area (Å²) in [6.45, 7) is 5.57. The molecule has 0 fully saturated rings. The van der Waals surface area contributed by atoms with Crippen LogP contribution < -0.4 is 24.8 Å². The molecule has 0 spiro atoms. The molecule has 1 aromatic carbocycles. The minimum absolute atomic E-state index is 0.539. The molecule has 140 valence electrons. The Morgan fingerprint density at radius 1 is 1.12 bits per heavy atom. The summed E-state index contributed by atoms with van der Waals surface area (Å²) in [5.74, 6) is 2.63. The molecule has 2 rings (SSSR count). The number of aromatic nitrogens is 1. The normalized spacial score (nSPS) is 11.0. The first kappa shape index (κ1) is 19.4. The van der Waals surface area contributed by atoms with Crippen molar-refractivity contribution in [2.24, 2.45) is 4.99 Å². The van der Waals surface area contributed by atoms with Gasteiger partial charge >= 0.3 is 0 Å². The fourth-order valence-electron chi connectivity index (χ4n) is 2.34. The summed E-state index contributed by atoms with van der Waals surface area (Å²) in [7, 11) is 3.33. The molecule has 0 aliphatic rings. The summed E-state index contributed by atoms with van der Waals surface area (Å²) in [6, 6.07) is 9.50. The molecule has 2 N–H and O–H groups in total. The first-order valence-electron chi connectivity index (χ1n) is 8.57. The second kappa shape index (κ2) is 10.1. The number of rotatable bonds is 8. The largest absolute Gasteiger partial charge is 0.493 e. The van der Waals surface area contributed by atoms with E-state index in [1.165, 1.54) is 0 Å². The maximum atomic E-state index is 5.55. The number of pyridine rings is 1. The molecule has 0 amide bonds. The van der Waals surface area contributed by atoms with Crippen LogP contribution in [0.4, 0.5) is 5.69 Å². The lowest BCUT2D eigenvalue weighted by atomic mass is 10.2. The van der Waals surface area contributed by atoms with Crippen LogP contribution in [0, 0.1) is 0 Å². The number of guanidine groups is 1. The van der Waals surface area contributed by atoms with Gasteiger partial charge in [0.15, 0.2) is 17.5 Å². The van der Waals surface area contributed by atoms with E-state index in [9.17, 15) is 0 Å². The van der Waals surface area contributed by atoms with E-state index in [0.717, 1.165) is 11.3 Å². The van der Waals surface area contributed by atoms with Crippen molar-refractivity contribution in [2.75, 3.05) is 32.7 Å². The lowest BCUT2D eigenvalue weighted by Crippen LogP contribution is -2.30. The molecular weight excluding hydrogens is 332 g/mol. The predicted molar refractivity (Wildman–Crippen MR) is 103 cm³/mol. The zero-order chi connectivity index (χ0) is 18.8. The summed E-state index contributed by atoms with van der Waals surface area (Å²) < 4.78 is 16.5. The molecular formula is C19H26N4O3. The number of ether oxygens (including phenoxy) is 3. The minimum atomic E-state index is 0.539. The molecule has 7 nitrogen and oxygen atoms in total. The summed E-state index contributed by atoms with van der Waals surface area (Å²) in [5.41, 5.74) is 1.80. The van der Waals surface area contributed by atoms with Crippen molar-refractivity contribution in [1.29, 1.82) is 0 Å². The molecule has 0 unspecified atom stereocenters. The number of methoxy groups -OCH3 is 1. The standard InChI is InChI=1S/C19H26N4O3/c1-5-25-16-10-9-15(12-17(16)24-4)23-19(20-3)22-13-14-8-7-11-21-18(14)26-6-2/h7-12H,5-6,13H2,1-4H3,(H2,20,22,23). The fraction of sp³-hybridized carbons (Fsp3) is 0.368. The molecule has 0 saturated heterocycles. The quantitative estimate of drug-likeness (QED) is 0.558. The molecule has 0 aliphatic heterocycles. The Hall–Kier alpha value is -2.96. The Balaban J connectivity index is 2.04. The Labute approximate surface area is 154 Å². The Morgan fingerprint density at radius 3 is 2.62 bits per heavy atom. The van der Waals surface area contributed by atoms with Crippen molar-refractivity contribution in [1.82, 2.24) is 10.3 Å². The van der Waals surface area contributed by atoms with Crippen LogP contribution >= 0.6 is 0 Å². The summed E-state index contributed by atoms with van der Waals surface area (Å²) in [5, 5.41) is 6.49. The number of anilines is 1. The third-order valence-electron chi connectivity index (χ3n) is 3.53. The Bertz CT molecular complexity index is 734. The SMILES string of the molecule is CCOc1ccc(NC(=NC)NCc2cccnc2OCC)cc1OC. The summed E-state index contributed by atoms with van der Waals surface area (Å²) in [4.78, 5) is 8.50. The molecule has 0 atom stereocenters. The van der Waals surface area contributed by atoms with Crippen LogP contribution in [-0.2, 0) is 6.54 Å².